The van der Waals surface area contributed by atoms with Crippen molar-refractivity contribution in [2.24, 2.45) is 5.10 Å². The van der Waals surface area contributed by atoms with Crippen LogP contribution in [0.5, 0.6) is 23.0 Å². The van der Waals surface area contributed by atoms with Gasteiger partial charge in [0.25, 0.3) is 5.91 Å². The zero-order valence-electron chi connectivity index (χ0n) is 21.5. The Hall–Kier alpha value is -4.09. The molecule has 0 unspecified atom stereocenters. The third kappa shape index (κ3) is 7.24. The van der Waals surface area contributed by atoms with Gasteiger partial charge in [-0.1, -0.05) is 36.4 Å². The van der Waals surface area contributed by atoms with Gasteiger partial charge in [0.1, 0.15) is 0 Å². The number of benzene rings is 3. The second-order valence-electron chi connectivity index (χ2n) is 8.01. The number of aromatic hydroxyl groups is 1. The monoisotopic (exact) mass is 541 g/mol. The molecule has 0 aliphatic heterocycles. The van der Waals surface area contributed by atoms with Gasteiger partial charge in [0.15, 0.2) is 23.0 Å². The van der Waals surface area contributed by atoms with Gasteiger partial charge in [0.2, 0.25) is 10.0 Å². The van der Waals surface area contributed by atoms with E-state index >= 15 is 0 Å². The highest BCUT2D eigenvalue weighted by atomic mass is 32.2. The summed E-state index contributed by atoms with van der Waals surface area (Å²) in [7, 11) is -1.23. The first-order valence-electron chi connectivity index (χ1n) is 11.8. The Morgan fingerprint density at radius 2 is 1.74 bits per heavy atom. The predicted octanol–water partition coefficient (Wildman–Crippen LogP) is 3.19. The lowest BCUT2D eigenvalue weighted by atomic mass is 10.1. The van der Waals surface area contributed by atoms with Crippen LogP contribution >= 0.6 is 0 Å². The van der Waals surface area contributed by atoms with Crippen molar-refractivity contribution in [3.8, 4) is 23.0 Å². The lowest BCUT2D eigenvalue weighted by Crippen LogP contribution is -2.40. The standard InChI is InChI=1S/C27H31N3O7S/c1-4-37-24-12-8-11-21(27(24)32)18-28-29-26(31)19-30(16-15-20-9-6-5-7-10-20)38(33,34)22-13-14-23(35-2)25(17-22)36-3/h5-14,17-18,32H,4,15-16,19H2,1-3H3,(H,29,31)/b28-18-. The first kappa shape index (κ1) is 28.5. The van der Waals surface area contributed by atoms with E-state index in [0.29, 0.717) is 24.3 Å². The maximum atomic E-state index is 13.6. The van der Waals surface area contributed by atoms with Crippen molar-refractivity contribution in [2.45, 2.75) is 18.2 Å². The smallest absolute Gasteiger partial charge is 0.255 e. The molecule has 0 aliphatic rings. The fourth-order valence-corrected chi connectivity index (χ4v) is 5.01. The van der Waals surface area contributed by atoms with Gasteiger partial charge in [-0.15, -0.1) is 0 Å². The first-order valence-corrected chi connectivity index (χ1v) is 13.3. The molecule has 0 aromatic heterocycles. The molecule has 10 nitrogen and oxygen atoms in total. The summed E-state index contributed by atoms with van der Waals surface area (Å²) in [5, 5.41) is 14.2. The number of sulfonamides is 1. The van der Waals surface area contributed by atoms with E-state index in [1.165, 1.54) is 38.6 Å². The predicted molar refractivity (Wildman–Crippen MR) is 143 cm³/mol. The molecular weight excluding hydrogens is 510 g/mol. The summed E-state index contributed by atoms with van der Waals surface area (Å²) in [6, 6.07) is 18.5. The highest BCUT2D eigenvalue weighted by Gasteiger charge is 2.27. The summed E-state index contributed by atoms with van der Waals surface area (Å²) in [6.45, 7) is 1.74. The number of carbonyl (C=O) groups excluding carboxylic acids is 1. The Morgan fingerprint density at radius 3 is 2.42 bits per heavy atom. The molecule has 1 amide bonds. The van der Waals surface area contributed by atoms with E-state index in [0.717, 1.165) is 9.87 Å². The van der Waals surface area contributed by atoms with Gasteiger partial charge < -0.3 is 19.3 Å². The first-order chi connectivity index (χ1) is 18.3. The SMILES string of the molecule is CCOc1cccc(/C=N\NC(=O)CN(CCc2ccccc2)S(=O)(=O)c2ccc(OC)c(OC)c2)c1O. The van der Waals surface area contributed by atoms with Crippen LogP contribution in [0.25, 0.3) is 0 Å². The summed E-state index contributed by atoms with van der Waals surface area (Å²) < 4.78 is 44.0. The molecule has 0 spiro atoms. The van der Waals surface area contributed by atoms with E-state index in [4.69, 9.17) is 14.2 Å². The fraction of sp³-hybridized carbons (Fsp3) is 0.259. The number of nitrogens with one attached hydrogen (secondary N) is 1. The second kappa shape index (κ2) is 13.5. The summed E-state index contributed by atoms with van der Waals surface area (Å²) >= 11 is 0. The molecule has 2 N–H and O–H groups in total. The Balaban J connectivity index is 1.80. The number of amides is 1. The molecule has 0 atom stereocenters. The van der Waals surface area contributed by atoms with Crippen LogP contribution in [-0.4, -0.2) is 63.9 Å². The largest absolute Gasteiger partial charge is 0.504 e. The van der Waals surface area contributed by atoms with E-state index in [1.807, 2.05) is 30.3 Å². The van der Waals surface area contributed by atoms with E-state index in [-0.39, 0.29) is 28.7 Å². The molecule has 202 valence electrons. The molecule has 0 heterocycles. The van der Waals surface area contributed by atoms with Crippen molar-refractivity contribution in [3.05, 3.63) is 77.9 Å². The molecule has 0 saturated heterocycles. The number of methoxy groups -OCH3 is 2. The molecule has 38 heavy (non-hydrogen) atoms. The fourth-order valence-electron chi connectivity index (χ4n) is 3.59. The maximum Gasteiger partial charge on any atom is 0.255 e. The second-order valence-corrected chi connectivity index (χ2v) is 9.95. The molecule has 11 heteroatoms. The average Bonchev–Trinajstić information content (AvgIpc) is 2.93. The van der Waals surface area contributed by atoms with Crippen LogP contribution in [0, 0.1) is 0 Å². The molecule has 0 bridgehead atoms. The number of hydrogen-bond donors (Lipinski definition) is 2. The average molecular weight is 542 g/mol. The minimum absolute atomic E-state index is 0.0443. The third-order valence-electron chi connectivity index (χ3n) is 5.53. The van der Waals surface area contributed by atoms with Gasteiger partial charge in [-0.2, -0.15) is 9.41 Å². The highest BCUT2D eigenvalue weighted by molar-refractivity contribution is 7.89. The van der Waals surface area contributed by atoms with Crippen molar-refractivity contribution in [1.82, 2.24) is 9.73 Å². The number of ether oxygens (including phenoxy) is 3. The molecule has 3 aromatic carbocycles. The van der Waals surface area contributed by atoms with Gasteiger partial charge >= 0.3 is 0 Å². The summed E-state index contributed by atoms with van der Waals surface area (Å²) in [6.07, 6.45) is 1.65. The molecule has 0 radical (unpaired) electrons. The lowest BCUT2D eigenvalue weighted by molar-refractivity contribution is -0.121. The van der Waals surface area contributed by atoms with Crippen molar-refractivity contribution in [3.63, 3.8) is 0 Å². The molecule has 0 fully saturated rings. The van der Waals surface area contributed by atoms with Crippen LogP contribution in [0.15, 0.2) is 76.7 Å². The minimum Gasteiger partial charge on any atom is -0.504 e. The normalized spacial score (nSPS) is 11.5. The van der Waals surface area contributed by atoms with E-state index in [2.05, 4.69) is 10.5 Å². The van der Waals surface area contributed by atoms with Crippen molar-refractivity contribution >= 4 is 22.1 Å². The number of rotatable bonds is 13. The zero-order valence-corrected chi connectivity index (χ0v) is 22.3. The summed E-state index contributed by atoms with van der Waals surface area (Å²) in [5.41, 5.74) is 3.58. The van der Waals surface area contributed by atoms with Gasteiger partial charge in [0, 0.05) is 18.2 Å². The Labute approximate surface area is 222 Å². The number of para-hydroxylation sites is 1. The quantitative estimate of drug-likeness (QED) is 0.251. The van der Waals surface area contributed by atoms with E-state index in [1.54, 1.807) is 25.1 Å². The van der Waals surface area contributed by atoms with Crippen molar-refractivity contribution in [2.75, 3.05) is 33.9 Å². The van der Waals surface area contributed by atoms with Crippen molar-refractivity contribution in [1.29, 1.82) is 0 Å². The van der Waals surface area contributed by atoms with Crippen LogP contribution in [0.3, 0.4) is 0 Å². The van der Waals surface area contributed by atoms with Gasteiger partial charge in [-0.3, -0.25) is 4.79 Å². The molecule has 0 aliphatic carbocycles. The zero-order chi connectivity index (χ0) is 27.5. The summed E-state index contributed by atoms with van der Waals surface area (Å²) in [5.74, 6) is 0.147. The number of phenolic OH excluding ortho intramolecular Hbond substituents is 1. The molecular formula is C27H31N3O7S. The molecule has 0 saturated carbocycles. The Kier molecular flexibility index (Phi) is 10.1. The van der Waals surface area contributed by atoms with Crippen LogP contribution < -0.4 is 19.6 Å². The van der Waals surface area contributed by atoms with E-state index in [9.17, 15) is 18.3 Å². The van der Waals surface area contributed by atoms with Crippen LogP contribution in [0.2, 0.25) is 0 Å². The van der Waals surface area contributed by atoms with Gasteiger partial charge in [-0.25, -0.2) is 13.8 Å². The highest BCUT2D eigenvalue weighted by Crippen LogP contribution is 2.31. The van der Waals surface area contributed by atoms with Crippen LogP contribution in [0.4, 0.5) is 0 Å². The Morgan fingerprint density at radius 1 is 1.00 bits per heavy atom. The Bertz CT molecular complexity index is 1360. The number of carbonyl (C=O) groups is 1. The lowest BCUT2D eigenvalue weighted by Gasteiger charge is -2.22. The summed E-state index contributed by atoms with van der Waals surface area (Å²) in [4.78, 5) is 12.7. The third-order valence-corrected chi connectivity index (χ3v) is 7.37. The van der Waals surface area contributed by atoms with Crippen molar-refractivity contribution < 1.29 is 32.5 Å². The van der Waals surface area contributed by atoms with Gasteiger partial charge in [-0.05, 0) is 43.2 Å². The van der Waals surface area contributed by atoms with Crippen LogP contribution in [-0.2, 0) is 21.2 Å². The molecule has 3 aromatic rings. The molecule has 3 rings (SSSR count). The number of hydrogen-bond acceptors (Lipinski definition) is 8. The minimum atomic E-state index is -4.09. The number of hydrazone groups is 1. The van der Waals surface area contributed by atoms with Crippen LogP contribution in [0.1, 0.15) is 18.1 Å². The maximum absolute atomic E-state index is 13.6. The van der Waals surface area contributed by atoms with E-state index < -0.39 is 22.5 Å². The topological polar surface area (TPSA) is 127 Å². The van der Waals surface area contributed by atoms with Gasteiger partial charge in [0.05, 0.1) is 38.5 Å². The number of phenols is 1. The number of nitrogens with zero attached hydrogens (tertiary/aromatic N) is 2.